The summed E-state index contributed by atoms with van der Waals surface area (Å²) in [6, 6.07) is -0.927. The zero-order valence-corrected chi connectivity index (χ0v) is 6.19. The summed E-state index contributed by atoms with van der Waals surface area (Å²) >= 11 is 0. The van der Waals surface area contributed by atoms with E-state index in [0.717, 1.165) is 0 Å². The van der Waals surface area contributed by atoms with Crippen LogP contribution in [0.3, 0.4) is 0 Å². The first-order valence-corrected chi connectivity index (χ1v) is 3.40. The third-order valence-electron chi connectivity index (χ3n) is 1.35. The number of nitrogens with two attached hydrogens (primary N) is 1. The van der Waals surface area contributed by atoms with Crippen LogP contribution in [0.1, 0.15) is 19.3 Å². The number of rotatable bonds is 5. The average Bonchev–Trinajstić information content (AvgIpc) is 1.97. The Labute approximate surface area is 65.1 Å². The van der Waals surface area contributed by atoms with E-state index in [4.69, 9.17) is 12.3 Å². The third kappa shape index (κ3) is 4.71. The first kappa shape index (κ1) is 10.3. The minimum absolute atomic E-state index is 0.318. The molecule has 11 heavy (non-hydrogen) atoms. The lowest BCUT2D eigenvalue weighted by molar-refractivity contribution is 0.0935. The van der Waals surface area contributed by atoms with E-state index < -0.39 is 12.5 Å². The molecule has 2 nitrogen and oxygen atoms in total. The van der Waals surface area contributed by atoms with Gasteiger partial charge in [-0.25, -0.2) is 8.78 Å². The Hall–Kier alpha value is -0.660. The second kappa shape index (κ2) is 6.08. The van der Waals surface area contributed by atoms with E-state index in [1.807, 2.05) is 5.43 Å². The minimum Gasteiger partial charge on any atom is -0.271 e. The fourth-order valence-electron chi connectivity index (χ4n) is 0.706. The van der Waals surface area contributed by atoms with E-state index in [2.05, 4.69) is 5.92 Å². The highest BCUT2D eigenvalue weighted by atomic mass is 19.3. The SMILES string of the molecule is C#CCCCC(NN)C(F)F. The van der Waals surface area contributed by atoms with Gasteiger partial charge in [0.1, 0.15) is 0 Å². The molecule has 0 aromatic heterocycles. The second-order valence-corrected chi connectivity index (χ2v) is 2.20. The summed E-state index contributed by atoms with van der Waals surface area (Å²) < 4.78 is 23.9. The van der Waals surface area contributed by atoms with Crippen LogP contribution in [0.25, 0.3) is 0 Å². The molecule has 0 aliphatic heterocycles. The van der Waals surface area contributed by atoms with Gasteiger partial charge in [-0.1, -0.05) is 0 Å². The highest BCUT2D eigenvalue weighted by Crippen LogP contribution is 2.07. The van der Waals surface area contributed by atoms with Crippen molar-refractivity contribution in [2.75, 3.05) is 0 Å². The van der Waals surface area contributed by atoms with Crippen LogP contribution in [0.15, 0.2) is 0 Å². The van der Waals surface area contributed by atoms with Crippen molar-refractivity contribution in [3.05, 3.63) is 0 Å². The summed E-state index contributed by atoms with van der Waals surface area (Å²) in [5.74, 6) is 7.25. The number of hydrogen-bond donors (Lipinski definition) is 2. The van der Waals surface area contributed by atoms with Gasteiger partial charge in [-0.15, -0.1) is 12.3 Å². The number of unbranched alkanes of at least 4 members (excludes halogenated alkanes) is 1. The summed E-state index contributed by atoms with van der Waals surface area (Å²) in [5, 5.41) is 0. The molecule has 0 rings (SSSR count). The normalized spacial score (nSPS) is 13.0. The molecule has 3 N–H and O–H groups in total. The molecule has 0 amide bonds. The third-order valence-corrected chi connectivity index (χ3v) is 1.35. The lowest BCUT2D eigenvalue weighted by Gasteiger charge is -2.12. The molecule has 0 aromatic rings. The van der Waals surface area contributed by atoms with Crippen molar-refractivity contribution in [1.29, 1.82) is 0 Å². The maximum atomic E-state index is 11.9. The van der Waals surface area contributed by atoms with Gasteiger partial charge < -0.3 is 0 Å². The quantitative estimate of drug-likeness (QED) is 0.272. The molecule has 0 aromatic carbocycles. The van der Waals surface area contributed by atoms with Crippen molar-refractivity contribution >= 4 is 0 Å². The van der Waals surface area contributed by atoms with E-state index in [1.165, 1.54) is 0 Å². The molecule has 0 bridgehead atoms. The summed E-state index contributed by atoms with van der Waals surface area (Å²) in [4.78, 5) is 0. The largest absolute Gasteiger partial charge is 0.271 e. The molecule has 0 aliphatic carbocycles. The van der Waals surface area contributed by atoms with Gasteiger partial charge >= 0.3 is 0 Å². The maximum absolute atomic E-state index is 11.9. The topological polar surface area (TPSA) is 38.0 Å². The Bertz CT molecular complexity index is 131. The summed E-state index contributed by atoms with van der Waals surface area (Å²) in [6.45, 7) is 0. The first-order valence-electron chi connectivity index (χ1n) is 3.40. The molecule has 0 saturated carbocycles. The van der Waals surface area contributed by atoms with Gasteiger partial charge in [0.05, 0.1) is 6.04 Å². The van der Waals surface area contributed by atoms with Gasteiger partial charge in [0.2, 0.25) is 0 Å². The number of terminal acetylenes is 1. The molecule has 0 radical (unpaired) electrons. The molecule has 4 heteroatoms. The molecule has 1 unspecified atom stereocenters. The molecule has 0 spiro atoms. The molecular weight excluding hydrogens is 150 g/mol. The van der Waals surface area contributed by atoms with Gasteiger partial charge in [0.25, 0.3) is 6.43 Å². The van der Waals surface area contributed by atoms with Crippen molar-refractivity contribution in [2.24, 2.45) is 5.84 Å². The van der Waals surface area contributed by atoms with Gasteiger partial charge in [-0.3, -0.25) is 11.3 Å². The van der Waals surface area contributed by atoms with Crippen LogP contribution in [0.4, 0.5) is 8.78 Å². The lowest BCUT2D eigenvalue weighted by Crippen LogP contribution is -2.40. The highest BCUT2D eigenvalue weighted by molar-refractivity contribution is 4.83. The number of halogens is 2. The zero-order valence-electron chi connectivity index (χ0n) is 6.19. The van der Waals surface area contributed by atoms with Gasteiger partial charge in [0, 0.05) is 6.42 Å². The smallest absolute Gasteiger partial charge is 0.255 e. The van der Waals surface area contributed by atoms with Crippen molar-refractivity contribution in [1.82, 2.24) is 5.43 Å². The van der Waals surface area contributed by atoms with E-state index >= 15 is 0 Å². The fourth-order valence-corrected chi connectivity index (χ4v) is 0.706. The Morgan fingerprint density at radius 2 is 2.18 bits per heavy atom. The number of hydrazine groups is 1. The van der Waals surface area contributed by atoms with Crippen molar-refractivity contribution in [2.45, 2.75) is 31.7 Å². The molecule has 64 valence electrons. The average molecular weight is 162 g/mol. The van der Waals surface area contributed by atoms with Crippen LogP contribution in [0, 0.1) is 12.3 Å². The van der Waals surface area contributed by atoms with Gasteiger partial charge in [-0.2, -0.15) is 0 Å². The van der Waals surface area contributed by atoms with Crippen LogP contribution in [-0.2, 0) is 0 Å². The summed E-state index contributed by atoms with van der Waals surface area (Å²) in [6.07, 6.45) is 3.94. The van der Waals surface area contributed by atoms with E-state index in [9.17, 15) is 8.78 Å². The van der Waals surface area contributed by atoms with Crippen LogP contribution in [0.5, 0.6) is 0 Å². The first-order chi connectivity index (χ1) is 5.22. The monoisotopic (exact) mass is 162 g/mol. The minimum atomic E-state index is -2.42. The number of nitrogens with one attached hydrogen (secondary N) is 1. The summed E-state index contributed by atoms with van der Waals surface area (Å²) in [7, 11) is 0. The fraction of sp³-hybridized carbons (Fsp3) is 0.714. The molecular formula is C7H12F2N2. The van der Waals surface area contributed by atoms with Crippen LogP contribution >= 0.6 is 0 Å². The molecule has 0 aliphatic rings. The molecule has 0 fully saturated rings. The number of alkyl halides is 2. The lowest BCUT2D eigenvalue weighted by atomic mass is 10.1. The highest BCUT2D eigenvalue weighted by Gasteiger charge is 2.17. The van der Waals surface area contributed by atoms with E-state index in [-0.39, 0.29) is 0 Å². The summed E-state index contributed by atoms with van der Waals surface area (Å²) in [5.41, 5.74) is 2.04. The van der Waals surface area contributed by atoms with Crippen LogP contribution in [-0.4, -0.2) is 12.5 Å². The van der Waals surface area contributed by atoms with E-state index in [1.54, 1.807) is 0 Å². The zero-order chi connectivity index (χ0) is 8.69. The van der Waals surface area contributed by atoms with Gasteiger partial charge in [-0.05, 0) is 12.8 Å². The van der Waals surface area contributed by atoms with Crippen LogP contribution < -0.4 is 11.3 Å². The predicted molar refractivity (Wildman–Crippen MR) is 39.8 cm³/mol. The Morgan fingerprint density at radius 1 is 1.55 bits per heavy atom. The van der Waals surface area contributed by atoms with Crippen LogP contribution in [0.2, 0.25) is 0 Å². The van der Waals surface area contributed by atoms with Crippen molar-refractivity contribution in [3.8, 4) is 12.3 Å². The van der Waals surface area contributed by atoms with Crippen molar-refractivity contribution in [3.63, 3.8) is 0 Å². The van der Waals surface area contributed by atoms with E-state index in [0.29, 0.717) is 19.3 Å². The molecule has 0 heterocycles. The van der Waals surface area contributed by atoms with Gasteiger partial charge in [0.15, 0.2) is 0 Å². The van der Waals surface area contributed by atoms with Crippen molar-refractivity contribution < 1.29 is 8.78 Å². The second-order valence-electron chi connectivity index (χ2n) is 2.20. The molecule has 0 saturated heterocycles. The molecule has 1 atom stereocenters. The Morgan fingerprint density at radius 3 is 2.55 bits per heavy atom. The maximum Gasteiger partial charge on any atom is 0.255 e. The Kier molecular flexibility index (Phi) is 5.71. The predicted octanol–water partition coefficient (Wildman–Crippen LogP) is 0.887. The standard InChI is InChI=1S/C7H12F2N2/c1-2-3-4-5-6(11-10)7(8)9/h1,6-7,11H,3-5,10H2. The number of hydrogen-bond acceptors (Lipinski definition) is 2. The Balaban J connectivity index is 3.46.